The summed E-state index contributed by atoms with van der Waals surface area (Å²) >= 11 is 29.2. The predicted molar refractivity (Wildman–Crippen MR) is 85.9 cm³/mol. The summed E-state index contributed by atoms with van der Waals surface area (Å²) in [7, 11) is 0. The van der Waals surface area contributed by atoms with Crippen LogP contribution in [0.25, 0.3) is 11.1 Å². The molecule has 2 rings (SSSR count). The summed E-state index contributed by atoms with van der Waals surface area (Å²) in [6.07, 6.45) is -1.000. The number of carboxylic acids is 1. The standard InChI is InChI=1S/C13H3Cl5F3NO2/c14-6-4(7(15)9(17)10(18)8(6)16)5-11(19)2(1-3(23)24)22-13(21)12(5)20/h1H2,(H,23,24). The summed E-state index contributed by atoms with van der Waals surface area (Å²) in [4.78, 5) is 13.7. The van der Waals surface area contributed by atoms with Crippen LogP contribution in [-0.2, 0) is 11.2 Å². The number of rotatable bonds is 3. The van der Waals surface area contributed by atoms with E-state index in [0.717, 1.165) is 0 Å². The van der Waals surface area contributed by atoms with Gasteiger partial charge in [0.05, 0.1) is 42.8 Å². The molecule has 3 nitrogen and oxygen atoms in total. The Morgan fingerprint density at radius 3 is 1.75 bits per heavy atom. The van der Waals surface area contributed by atoms with E-state index in [4.69, 9.17) is 63.1 Å². The van der Waals surface area contributed by atoms with Crippen LogP contribution in [0.15, 0.2) is 0 Å². The first-order chi connectivity index (χ1) is 11.1. The molecule has 0 spiro atoms. The maximum Gasteiger partial charge on any atom is 0.309 e. The van der Waals surface area contributed by atoms with Crippen molar-refractivity contribution < 1.29 is 23.1 Å². The van der Waals surface area contributed by atoms with E-state index in [1.54, 1.807) is 0 Å². The van der Waals surface area contributed by atoms with Crippen molar-refractivity contribution in [2.24, 2.45) is 0 Å². The van der Waals surface area contributed by atoms with Gasteiger partial charge in [-0.25, -0.2) is 13.8 Å². The maximum atomic E-state index is 14.5. The van der Waals surface area contributed by atoms with Crippen LogP contribution in [0, 0.1) is 17.6 Å². The Morgan fingerprint density at radius 1 is 0.833 bits per heavy atom. The maximum absolute atomic E-state index is 14.5. The molecular weight excluding hydrogens is 436 g/mol. The van der Waals surface area contributed by atoms with E-state index in [0.29, 0.717) is 0 Å². The molecule has 1 aromatic heterocycles. The van der Waals surface area contributed by atoms with Gasteiger partial charge in [-0.2, -0.15) is 4.39 Å². The molecule has 0 radical (unpaired) electrons. The van der Waals surface area contributed by atoms with Crippen molar-refractivity contribution in [1.29, 1.82) is 0 Å². The zero-order valence-corrected chi connectivity index (χ0v) is 14.8. The summed E-state index contributed by atoms with van der Waals surface area (Å²) in [5.74, 6) is -6.45. The molecule has 0 amide bonds. The number of nitrogens with zero attached hydrogens (tertiary/aromatic N) is 1. The highest BCUT2D eigenvalue weighted by atomic mass is 35.5. The molecule has 1 heterocycles. The summed E-state index contributed by atoms with van der Waals surface area (Å²) < 4.78 is 42.3. The molecule has 0 atom stereocenters. The fourth-order valence-electron chi connectivity index (χ4n) is 1.86. The number of carbonyl (C=O) groups is 1. The highest BCUT2D eigenvalue weighted by Crippen LogP contribution is 2.49. The van der Waals surface area contributed by atoms with Gasteiger partial charge in [-0.05, 0) is 0 Å². The average molecular weight is 439 g/mol. The first kappa shape index (κ1) is 19.4. The van der Waals surface area contributed by atoms with Gasteiger partial charge in [0.25, 0.3) is 0 Å². The first-order valence-electron chi connectivity index (χ1n) is 5.84. The average Bonchev–Trinajstić information content (AvgIpc) is 2.51. The minimum Gasteiger partial charge on any atom is -0.481 e. The van der Waals surface area contributed by atoms with E-state index >= 15 is 0 Å². The van der Waals surface area contributed by atoms with Crippen LogP contribution in [0.5, 0.6) is 0 Å². The number of aliphatic carboxylic acids is 1. The van der Waals surface area contributed by atoms with Crippen molar-refractivity contribution in [1.82, 2.24) is 4.98 Å². The Morgan fingerprint density at radius 2 is 1.29 bits per heavy atom. The van der Waals surface area contributed by atoms with Gasteiger partial charge in [0, 0.05) is 5.56 Å². The van der Waals surface area contributed by atoms with Crippen molar-refractivity contribution in [2.75, 3.05) is 0 Å². The number of hydrogen-bond donors (Lipinski definition) is 1. The van der Waals surface area contributed by atoms with Gasteiger partial charge in [-0.3, -0.25) is 4.79 Å². The second-order valence-electron chi connectivity index (χ2n) is 4.37. The number of aromatic nitrogens is 1. The molecule has 11 heteroatoms. The second-order valence-corrected chi connectivity index (χ2v) is 6.26. The van der Waals surface area contributed by atoms with E-state index in [-0.39, 0.29) is 15.1 Å². The third-order valence-corrected chi connectivity index (χ3v) is 5.16. The minimum absolute atomic E-state index is 0.266. The zero-order valence-electron chi connectivity index (χ0n) is 11.0. The number of benzene rings is 1. The summed E-state index contributed by atoms with van der Waals surface area (Å²) in [5, 5.41) is 6.75. The van der Waals surface area contributed by atoms with E-state index in [9.17, 15) is 18.0 Å². The molecule has 0 fully saturated rings. The molecular formula is C13H3Cl5F3NO2. The van der Waals surface area contributed by atoms with Crippen LogP contribution >= 0.6 is 58.0 Å². The zero-order chi connectivity index (χ0) is 18.3. The quantitative estimate of drug-likeness (QED) is 0.359. The monoisotopic (exact) mass is 437 g/mol. The normalized spacial score (nSPS) is 11.0. The van der Waals surface area contributed by atoms with Gasteiger partial charge in [-0.1, -0.05) is 58.0 Å². The topological polar surface area (TPSA) is 50.2 Å². The molecule has 0 saturated carbocycles. The molecule has 1 N–H and O–H groups in total. The van der Waals surface area contributed by atoms with Crippen molar-refractivity contribution in [2.45, 2.75) is 6.42 Å². The van der Waals surface area contributed by atoms with Crippen LogP contribution in [0.2, 0.25) is 25.1 Å². The molecule has 0 bridgehead atoms. The highest BCUT2D eigenvalue weighted by molar-refractivity contribution is 6.56. The molecule has 1 aromatic carbocycles. The summed E-state index contributed by atoms with van der Waals surface area (Å²) in [6, 6.07) is 0. The van der Waals surface area contributed by atoms with Crippen molar-refractivity contribution in [3.05, 3.63) is 48.4 Å². The Labute approximate surface area is 157 Å². The van der Waals surface area contributed by atoms with Crippen LogP contribution in [-0.4, -0.2) is 16.1 Å². The van der Waals surface area contributed by atoms with Gasteiger partial charge < -0.3 is 5.11 Å². The minimum atomic E-state index is -1.74. The molecule has 0 aliphatic heterocycles. The van der Waals surface area contributed by atoms with Crippen LogP contribution < -0.4 is 0 Å². The molecule has 0 saturated heterocycles. The van der Waals surface area contributed by atoms with Crippen LogP contribution in [0.1, 0.15) is 5.69 Å². The Balaban J connectivity index is 2.93. The van der Waals surface area contributed by atoms with Gasteiger partial charge in [0.1, 0.15) is 0 Å². The molecule has 0 aliphatic rings. The molecule has 24 heavy (non-hydrogen) atoms. The van der Waals surface area contributed by atoms with Crippen molar-refractivity contribution >= 4 is 64.0 Å². The molecule has 128 valence electrons. The lowest BCUT2D eigenvalue weighted by Crippen LogP contribution is -2.10. The number of halogens is 8. The van der Waals surface area contributed by atoms with Crippen molar-refractivity contribution in [3.8, 4) is 11.1 Å². The smallest absolute Gasteiger partial charge is 0.309 e. The predicted octanol–water partition coefficient (Wildman–Crippen LogP) is 6.06. The third kappa shape index (κ3) is 3.26. The third-order valence-electron chi connectivity index (χ3n) is 2.89. The Bertz CT molecular complexity index is 847. The lowest BCUT2D eigenvalue weighted by atomic mass is 10.0. The number of pyridine rings is 1. The highest BCUT2D eigenvalue weighted by Gasteiger charge is 2.29. The van der Waals surface area contributed by atoms with Crippen molar-refractivity contribution in [3.63, 3.8) is 0 Å². The SMILES string of the molecule is O=C(O)Cc1nc(F)c(F)c(-c2c(Cl)c(Cl)c(Cl)c(Cl)c2Cl)c1F. The van der Waals surface area contributed by atoms with Crippen LogP contribution in [0.3, 0.4) is 0 Å². The van der Waals surface area contributed by atoms with Gasteiger partial charge in [0.15, 0.2) is 11.6 Å². The molecule has 0 aliphatic carbocycles. The molecule has 0 unspecified atom stereocenters. The number of carboxylic acid groups (broad SMARTS) is 1. The van der Waals surface area contributed by atoms with Gasteiger partial charge in [0.2, 0.25) is 5.95 Å². The van der Waals surface area contributed by atoms with E-state index in [1.807, 2.05) is 0 Å². The Hall–Kier alpha value is -0.920. The second kappa shape index (κ2) is 7.14. The summed E-state index contributed by atoms with van der Waals surface area (Å²) in [5.41, 5.74) is -2.47. The largest absolute Gasteiger partial charge is 0.481 e. The fourth-order valence-corrected chi connectivity index (χ4v) is 3.19. The van der Waals surface area contributed by atoms with Gasteiger partial charge in [-0.15, -0.1) is 0 Å². The van der Waals surface area contributed by atoms with E-state index in [1.165, 1.54) is 0 Å². The first-order valence-corrected chi connectivity index (χ1v) is 7.73. The Kier molecular flexibility index (Phi) is 5.77. The summed E-state index contributed by atoms with van der Waals surface area (Å²) in [6.45, 7) is 0. The van der Waals surface area contributed by atoms with E-state index in [2.05, 4.69) is 4.98 Å². The van der Waals surface area contributed by atoms with Gasteiger partial charge >= 0.3 is 5.97 Å². The lowest BCUT2D eigenvalue weighted by molar-refractivity contribution is -0.136. The van der Waals surface area contributed by atoms with Crippen LogP contribution in [0.4, 0.5) is 13.2 Å². The van der Waals surface area contributed by atoms with E-state index < -0.39 is 56.8 Å². The fraction of sp³-hybridized carbons (Fsp3) is 0.0769. The molecule has 2 aromatic rings. The lowest BCUT2D eigenvalue weighted by Gasteiger charge is -2.15. The number of hydrogen-bond acceptors (Lipinski definition) is 2.